The van der Waals surface area contributed by atoms with Crippen LogP contribution in [0.2, 0.25) is 5.02 Å². The van der Waals surface area contributed by atoms with E-state index >= 15 is 0 Å². The summed E-state index contributed by atoms with van der Waals surface area (Å²) >= 11 is 6.16. The number of carboxylic acids is 1. The van der Waals surface area contributed by atoms with Crippen molar-refractivity contribution in [2.24, 2.45) is 0 Å². The van der Waals surface area contributed by atoms with Crippen LogP contribution in [0.5, 0.6) is 5.75 Å². The Balaban J connectivity index is 2.57. The van der Waals surface area contributed by atoms with Crippen molar-refractivity contribution in [3.05, 3.63) is 53.1 Å². The fourth-order valence-electron chi connectivity index (χ4n) is 1.84. The molecule has 0 aliphatic heterocycles. The van der Waals surface area contributed by atoms with Gasteiger partial charge in [-0.25, -0.2) is 4.79 Å². The lowest BCUT2D eigenvalue weighted by Crippen LogP contribution is -1.98. The summed E-state index contributed by atoms with van der Waals surface area (Å²) in [5.41, 5.74) is 1.65. The molecule has 0 amide bonds. The van der Waals surface area contributed by atoms with Crippen LogP contribution >= 0.6 is 11.6 Å². The van der Waals surface area contributed by atoms with Gasteiger partial charge in [0.2, 0.25) is 0 Å². The molecule has 0 unspecified atom stereocenters. The van der Waals surface area contributed by atoms with Gasteiger partial charge in [0.05, 0.1) is 12.2 Å². The molecule has 0 aliphatic carbocycles. The van der Waals surface area contributed by atoms with Gasteiger partial charge in [-0.05, 0) is 31.2 Å². The predicted molar refractivity (Wildman–Crippen MR) is 75.0 cm³/mol. The Kier molecular flexibility index (Phi) is 4.07. The van der Waals surface area contributed by atoms with E-state index < -0.39 is 5.97 Å². The molecule has 0 atom stereocenters. The van der Waals surface area contributed by atoms with Crippen LogP contribution < -0.4 is 4.74 Å². The van der Waals surface area contributed by atoms with Crippen LogP contribution in [-0.2, 0) is 0 Å². The maximum Gasteiger partial charge on any atom is 0.335 e. The first-order valence-corrected chi connectivity index (χ1v) is 6.26. The van der Waals surface area contributed by atoms with Crippen LogP contribution in [0.1, 0.15) is 17.3 Å². The molecule has 2 aromatic carbocycles. The summed E-state index contributed by atoms with van der Waals surface area (Å²) in [6, 6.07) is 12.1. The molecular weight excluding hydrogens is 264 g/mol. The summed E-state index contributed by atoms with van der Waals surface area (Å²) in [6.45, 7) is 2.43. The van der Waals surface area contributed by atoms with Gasteiger partial charge >= 0.3 is 5.97 Å². The fourth-order valence-corrected chi connectivity index (χ4v) is 2.05. The molecule has 3 nitrogen and oxygen atoms in total. The van der Waals surface area contributed by atoms with Crippen molar-refractivity contribution in [3.8, 4) is 16.9 Å². The summed E-state index contributed by atoms with van der Waals surface area (Å²) < 4.78 is 5.54. The van der Waals surface area contributed by atoms with Crippen LogP contribution in [0.25, 0.3) is 11.1 Å². The molecule has 0 saturated heterocycles. The Labute approximate surface area is 116 Å². The van der Waals surface area contributed by atoms with E-state index in [-0.39, 0.29) is 5.56 Å². The van der Waals surface area contributed by atoms with Gasteiger partial charge in [0, 0.05) is 16.1 Å². The van der Waals surface area contributed by atoms with E-state index in [2.05, 4.69) is 0 Å². The summed E-state index contributed by atoms with van der Waals surface area (Å²) in [4.78, 5) is 11.0. The molecule has 2 rings (SSSR count). The van der Waals surface area contributed by atoms with Crippen molar-refractivity contribution >= 4 is 17.6 Å². The minimum Gasteiger partial charge on any atom is -0.493 e. The zero-order valence-electron chi connectivity index (χ0n) is 10.4. The average Bonchev–Trinajstić information content (AvgIpc) is 2.40. The number of halogens is 1. The number of carboxylic acid groups (broad SMARTS) is 1. The number of ether oxygens (including phenoxy) is 1. The SMILES string of the molecule is CCOc1ccccc1-c1cc(C(=O)O)ccc1Cl. The number of hydrogen-bond donors (Lipinski definition) is 1. The highest BCUT2D eigenvalue weighted by Gasteiger charge is 2.12. The number of benzene rings is 2. The number of para-hydroxylation sites is 1. The lowest BCUT2D eigenvalue weighted by Gasteiger charge is -2.12. The van der Waals surface area contributed by atoms with Crippen LogP contribution in [0.3, 0.4) is 0 Å². The third-order valence-corrected chi connectivity index (χ3v) is 3.02. The van der Waals surface area contributed by atoms with Gasteiger partial charge in [0.1, 0.15) is 5.75 Å². The van der Waals surface area contributed by atoms with Crippen molar-refractivity contribution < 1.29 is 14.6 Å². The first-order valence-electron chi connectivity index (χ1n) is 5.88. The number of carbonyl (C=O) groups is 1. The third kappa shape index (κ3) is 2.88. The summed E-state index contributed by atoms with van der Waals surface area (Å²) in [5.74, 6) is -0.291. The molecule has 1 N–H and O–H groups in total. The highest BCUT2D eigenvalue weighted by Crippen LogP contribution is 2.35. The molecule has 0 bridgehead atoms. The first kappa shape index (κ1) is 13.4. The quantitative estimate of drug-likeness (QED) is 0.914. The Morgan fingerprint density at radius 3 is 2.63 bits per heavy atom. The van der Waals surface area contributed by atoms with Gasteiger partial charge < -0.3 is 9.84 Å². The minimum atomic E-state index is -0.980. The predicted octanol–water partition coefficient (Wildman–Crippen LogP) is 4.10. The highest BCUT2D eigenvalue weighted by atomic mass is 35.5. The van der Waals surface area contributed by atoms with E-state index in [0.29, 0.717) is 22.9 Å². The molecule has 0 spiro atoms. The lowest BCUT2D eigenvalue weighted by atomic mass is 10.0. The van der Waals surface area contributed by atoms with Gasteiger partial charge in [0.15, 0.2) is 0 Å². The molecule has 0 aromatic heterocycles. The summed E-state index contributed by atoms with van der Waals surface area (Å²) in [5, 5.41) is 9.54. The van der Waals surface area contributed by atoms with Crippen molar-refractivity contribution in [2.45, 2.75) is 6.92 Å². The molecular formula is C15H13ClO3. The lowest BCUT2D eigenvalue weighted by molar-refractivity contribution is 0.0697. The molecule has 4 heteroatoms. The normalized spacial score (nSPS) is 10.2. The molecule has 19 heavy (non-hydrogen) atoms. The van der Waals surface area contributed by atoms with Gasteiger partial charge in [-0.15, -0.1) is 0 Å². The van der Waals surface area contributed by atoms with E-state index in [1.807, 2.05) is 31.2 Å². The molecule has 98 valence electrons. The maximum absolute atomic E-state index is 11.0. The van der Waals surface area contributed by atoms with Crippen molar-refractivity contribution in [3.63, 3.8) is 0 Å². The largest absolute Gasteiger partial charge is 0.493 e. The third-order valence-electron chi connectivity index (χ3n) is 2.69. The number of rotatable bonds is 4. The van der Waals surface area contributed by atoms with Crippen LogP contribution in [0, 0.1) is 0 Å². The fraction of sp³-hybridized carbons (Fsp3) is 0.133. The summed E-state index contributed by atoms with van der Waals surface area (Å²) in [6.07, 6.45) is 0. The van der Waals surface area contributed by atoms with Gasteiger partial charge in [-0.2, -0.15) is 0 Å². The van der Waals surface area contributed by atoms with Crippen LogP contribution in [0.4, 0.5) is 0 Å². The van der Waals surface area contributed by atoms with E-state index in [1.54, 1.807) is 12.1 Å². The molecule has 0 aliphatic rings. The second-order valence-corrected chi connectivity index (χ2v) is 4.34. The molecule has 0 fully saturated rings. The molecule has 0 heterocycles. The average molecular weight is 277 g/mol. The maximum atomic E-state index is 11.0. The zero-order valence-corrected chi connectivity index (χ0v) is 11.1. The van der Waals surface area contributed by atoms with E-state index in [0.717, 1.165) is 5.56 Å². The van der Waals surface area contributed by atoms with Crippen LogP contribution in [-0.4, -0.2) is 17.7 Å². The standard InChI is InChI=1S/C15H13ClO3/c1-2-19-14-6-4-3-5-11(14)12-9-10(15(17)18)7-8-13(12)16/h3-9H,2H2,1H3,(H,17,18). The smallest absolute Gasteiger partial charge is 0.335 e. The molecule has 2 aromatic rings. The topological polar surface area (TPSA) is 46.5 Å². The second-order valence-electron chi connectivity index (χ2n) is 3.93. The molecule has 0 radical (unpaired) electrons. The van der Waals surface area contributed by atoms with Crippen molar-refractivity contribution in [2.75, 3.05) is 6.61 Å². The molecule has 0 saturated carbocycles. The van der Waals surface area contributed by atoms with Gasteiger partial charge in [-0.3, -0.25) is 0 Å². The van der Waals surface area contributed by atoms with E-state index in [4.69, 9.17) is 21.4 Å². The number of aromatic carboxylic acids is 1. The van der Waals surface area contributed by atoms with Crippen molar-refractivity contribution in [1.82, 2.24) is 0 Å². The minimum absolute atomic E-state index is 0.200. The Hall–Kier alpha value is -2.00. The monoisotopic (exact) mass is 276 g/mol. The first-order chi connectivity index (χ1) is 9.13. The van der Waals surface area contributed by atoms with E-state index in [1.165, 1.54) is 6.07 Å². The van der Waals surface area contributed by atoms with Gasteiger partial charge in [-0.1, -0.05) is 29.8 Å². The van der Waals surface area contributed by atoms with Crippen LogP contribution in [0.15, 0.2) is 42.5 Å². The second kappa shape index (κ2) is 5.76. The summed E-state index contributed by atoms with van der Waals surface area (Å²) in [7, 11) is 0. The van der Waals surface area contributed by atoms with Crippen molar-refractivity contribution in [1.29, 1.82) is 0 Å². The highest BCUT2D eigenvalue weighted by molar-refractivity contribution is 6.33. The Morgan fingerprint density at radius 1 is 1.21 bits per heavy atom. The Bertz CT molecular complexity index is 608. The number of hydrogen-bond acceptors (Lipinski definition) is 2. The van der Waals surface area contributed by atoms with Gasteiger partial charge in [0.25, 0.3) is 0 Å². The Morgan fingerprint density at radius 2 is 1.95 bits per heavy atom. The zero-order chi connectivity index (χ0) is 13.8. The van der Waals surface area contributed by atoms with E-state index in [9.17, 15) is 4.79 Å².